The normalized spacial score (nSPS) is 15.7. The second-order valence-corrected chi connectivity index (χ2v) is 7.38. The Hall–Kier alpha value is -2.97. The summed E-state index contributed by atoms with van der Waals surface area (Å²) >= 11 is 0. The molecular formula is C20H24F2N4O3. The molecule has 0 radical (unpaired) electrons. The van der Waals surface area contributed by atoms with Crippen LogP contribution in [0.3, 0.4) is 0 Å². The zero-order valence-electron chi connectivity index (χ0n) is 16.4. The molecule has 0 fully saturated rings. The maximum atomic E-state index is 13.5. The Bertz CT molecular complexity index is 898. The Morgan fingerprint density at radius 3 is 2.86 bits per heavy atom. The standard InChI is InChI=1S/C20H24F2N4O3/c1-12(2)25-20(28)15-10-24-26-6-5-13(7-17(15)26)9-23-19(27)11-29-18-4-3-14(21)8-16(18)22/h3-4,8,10,12-13H,5-7,9,11H2,1-2H3,(H,23,27)(H,25,28). The van der Waals surface area contributed by atoms with Crippen molar-refractivity contribution in [2.75, 3.05) is 13.2 Å². The summed E-state index contributed by atoms with van der Waals surface area (Å²) in [6.45, 7) is 4.50. The van der Waals surface area contributed by atoms with Crippen LogP contribution in [-0.4, -0.2) is 40.8 Å². The van der Waals surface area contributed by atoms with Crippen LogP contribution in [0.1, 0.15) is 36.3 Å². The molecule has 1 aromatic heterocycles. The average molecular weight is 406 g/mol. The van der Waals surface area contributed by atoms with E-state index in [1.54, 1.807) is 6.20 Å². The molecule has 2 heterocycles. The molecule has 0 spiro atoms. The molecule has 0 saturated carbocycles. The zero-order valence-corrected chi connectivity index (χ0v) is 16.4. The minimum absolute atomic E-state index is 0.0302. The summed E-state index contributed by atoms with van der Waals surface area (Å²) in [5, 5.41) is 9.91. The van der Waals surface area contributed by atoms with Crippen molar-refractivity contribution in [3.05, 3.63) is 47.3 Å². The lowest BCUT2D eigenvalue weighted by Gasteiger charge is -2.24. The van der Waals surface area contributed by atoms with E-state index in [9.17, 15) is 18.4 Å². The van der Waals surface area contributed by atoms with Gasteiger partial charge in [-0.05, 0) is 44.7 Å². The molecule has 7 nitrogen and oxygen atoms in total. The number of fused-ring (bicyclic) bond motifs is 1. The van der Waals surface area contributed by atoms with Crippen molar-refractivity contribution in [2.45, 2.75) is 39.3 Å². The Morgan fingerprint density at radius 1 is 1.34 bits per heavy atom. The van der Waals surface area contributed by atoms with Crippen molar-refractivity contribution < 1.29 is 23.1 Å². The molecule has 9 heteroatoms. The fourth-order valence-corrected chi connectivity index (χ4v) is 3.25. The molecule has 2 amide bonds. The van der Waals surface area contributed by atoms with E-state index in [4.69, 9.17) is 4.74 Å². The summed E-state index contributed by atoms with van der Waals surface area (Å²) in [4.78, 5) is 24.3. The van der Waals surface area contributed by atoms with Crippen molar-refractivity contribution in [3.8, 4) is 5.75 Å². The zero-order chi connectivity index (χ0) is 21.0. The van der Waals surface area contributed by atoms with Crippen LogP contribution < -0.4 is 15.4 Å². The lowest BCUT2D eigenvalue weighted by molar-refractivity contribution is -0.123. The number of aromatic nitrogens is 2. The first kappa shape index (κ1) is 20.8. The summed E-state index contributed by atoms with van der Waals surface area (Å²) in [6, 6.07) is 2.94. The summed E-state index contributed by atoms with van der Waals surface area (Å²) in [7, 11) is 0. The Morgan fingerprint density at radius 2 is 2.14 bits per heavy atom. The number of ether oxygens (including phenoxy) is 1. The number of hydrogen-bond acceptors (Lipinski definition) is 4. The van der Waals surface area contributed by atoms with Crippen LogP contribution in [0.2, 0.25) is 0 Å². The smallest absolute Gasteiger partial charge is 0.257 e. The van der Waals surface area contributed by atoms with Crippen LogP contribution in [0.25, 0.3) is 0 Å². The molecule has 1 aromatic carbocycles. The first-order valence-corrected chi connectivity index (χ1v) is 9.53. The Labute approximate surface area is 167 Å². The SMILES string of the molecule is CC(C)NC(=O)c1cnn2c1CC(CNC(=O)COc1ccc(F)cc1F)CC2. The molecule has 0 bridgehead atoms. The highest BCUT2D eigenvalue weighted by molar-refractivity contribution is 5.95. The number of nitrogens with one attached hydrogen (secondary N) is 2. The number of nitrogens with zero attached hydrogens (tertiary/aromatic N) is 2. The predicted molar refractivity (Wildman–Crippen MR) is 102 cm³/mol. The summed E-state index contributed by atoms with van der Waals surface area (Å²) in [5.74, 6) is -2.14. The average Bonchev–Trinajstić information content (AvgIpc) is 3.08. The number of rotatable bonds is 7. The number of benzene rings is 1. The maximum Gasteiger partial charge on any atom is 0.257 e. The van der Waals surface area contributed by atoms with Gasteiger partial charge in [-0.1, -0.05) is 0 Å². The van der Waals surface area contributed by atoms with Crippen LogP contribution in [0, 0.1) is 17.6 Å². The summed E-state index contributed by atoms with van der Waals surface area (Å²) in [5.41, 5.74) is 1.42. The minimum Gasteiger partial charge on any atom is -0.481 e. The van der Waals surface area contributed by atoms with Gasteiger partial charge in [0.15, 0.2) is 18.2 Å². The molecular weight excluding hydrogens is 382 g/mol. The quantitative estimate of drug-likeness (QED) is 0.737. The van der Waals surface area contributed by atoms with Crippen molar-refractivity contribution in [3.63, 3.8) is 0 Å². The van der Waals surface area contributed by atoms with E-state index in [0.29, 0.717) is 31.1 Å². The van der Waals surface area contributed by atoms with Crippen molar-refractivity contribution >= 4 is 11.8 Å². The molecule has 2 N–H and O–H groups in total. The number of aryl methyl sites for hydroxylation is 1. The van der Waals surface area contributed by atoms with E-state index < -0.39 is 17.5 Å². The highest BCUT2D eigenvalue weighted by Crippen LogP contribution is 2.23. The fourth-order valence-electron chi connectivity index (χ4n) is 3.25. The molecule has 1 unspecified atom stereocenters. The second-order valence-electron chi connectivity index (χ2n) is 7.38. The van der Waals surface area contributed by atoms with Crippen LogP contribution >= 0.6 is 0 Å². The van der Waals surface area contributed by atoms with Crippen molar-refractivity contribution in [1.82, 2.24) is 20.4 Å². The van der Waals surface area contributed by atoms with E-state index in [2.05, 4.69) is 15.7 Å². The molecule has 0 aliphatic carbocycles. The second kappa shape index (κ2) is 9.02. The molecule has 3 rings (SSSR count). The van der Waals surface area contributed by atoms with E-state index in [1.807, 2.05) is 18.5 Å². The van der Waals surface area contributed by atoms with E-state index in [0.717, 1.165) is 24.2 Å². The van der Waals surface area contributed by atoms with Gasteiger partial charge in [0.1, 0.15) is 5.82 Å². The van der Waals surface area contributed by atoms with Gasteiger partial charge in [0.25, 0.3) is 11.8 Å². The van der Waals surface area contributed by atoms with Gasteiger partial charge in [-0.25, -0.2) is 8.78 Å². The van der Waals surface area contributed by atoms with Gasteiger partial charge in [-0.3, -0.25) is 14.3 Å². The van der Waals surface area contributed by atoms with Crippen LogP contribution in [0.15, 0.2) is 24.4 Å². The summed E-state index contributed by atoms with van der Waals surface area (Å²) in [6.07, 6.45) is 3.02. The third-order valence-corrected chi connectivity index (χ3v) is 4.68. The van der Waals surface area contributed by atoms with Gasteiger partial charge in [-0.2, -0.15) is 5.10 Å². The molecule has 2 aromatic rings. The van der Waals surface area contributed by atoms with Crippen molar-refractivity contribution in [2.24, 2.45) is 5.92 Å². The molecule has 156 valence electrons. The highest BCUT2D eigenvalue weighted by Gasteiger charge is 2.25. The van der Waals surface area contributed by atoms with Crippen LogP contribution in [0.5, 0.6) is 5.75 Å². The third-order valence-electron chi connectivity index (χ3n) is 4.68. The Kier molecular flexibility index (Phi) is 6.46. The first-order chi connectivity index (χ1) is 13.8. The fraction of sp³-hybridized carbons (Fsp3) is 0.450. The van der Waals surface area contributed by atoms with Crippen molar-refractivity contribution in [1.29, 1.82) is 0 Å². The van der Waals surface area contributed by atoms with Gasteiger partial charge in [0.05, 0.1) is 17.5 Å². The number of amides is 2. The van der Waals surface area contributed by atoms with Gasteiger partial charge in [0, 0.05) is 25.2 Å². The maximum absolute atomic E-state index is 13.5. The van der Waals surface area contributed by atoms with Gasteiger partial charge < -0.3 is 15.4 Å². The number of carbonyl (C=O) groups excluding carboxylic acids is 2. The molecule has 0 saturated heterocycles. The number of hydrogen-bond donors (Lipinski definition) is 2. The van der Waals surface area contributed by atoms with E-state index >= 15 is 0 Å². The van der Waals surface area contributed by atoms with E-state index in [1.165, 1.54) is 0 Å². The lowest BCUT2D eigenvalue weighted by atomic mass is 9.94. The highest BCUT2D eigenvalue weighted by atomic mass is 19.1. The molecule has 1 aliphatic rings. The molecule has 29 heavy (non-hydrogen) atoms. The number of carbonyl (C=O) groups is 2. The predicted octanol–water partition coefficient (Wildman–Crippen LogP) is 2.06. The van der Waals surface area contributed by atoms with E-state index in [-0.39, 0.29) is 30.2 Å². The van der Waals surface area contributed by atoms with Gasteiger partial charge >= 0.3 is 0 Å². The van der Waals surface area contributed by atoms with Gasteiger partial charge in [-0.15, -0.1) is 0 Å². The molecule has 1 atom stereocenters. The van der Waals surface area contributed by atoms with Gasteiger partial charge in [0.2, 0.25) is 0 Å². The minimum atomic E-state index is -0.856. The largest absolute Gasteiger partial charge is 0.481 e. The third kappa shape index (κ3) is 5.30. The lowest BCUT2D eigenvalue weighted by Crippen LogP contribution is -2.36. The topological polar surface area (TPSA) is 85.3 Å². The summed E-state index contributed by atoms with van der Waals surface area (Å²) < 4.78 is 33.4. The molecule has 1 aliphatic heterocycles. The number of halogens is 2. The monoisotopic (exact) mass is 406 g/mol. The van der Waals surface area contributed by atoms with Crippen LogP contribution in [0.4, 0.5) is 8.78 Å². The van der Waals surface area contributed by atoms with Crippen LogP contribution in [-0.2, 0) is 17.8 Å². The Balaban J connectivity index is 1.50. The first-order valence-electron chi connectivity index (χ1n) is 9.53.